The number of aryl methyl sites for hydroxylation is 3. The molecule has 0 radical (unpaired) electrons. The Morgan fingerprint density at radius 3 is 2.21 bits per heavy atom. The molecule has 6 heteroatoms. The minimum Gasteiger partial charge on any atom is -0.308 e. The fraction of sp³-hybridized carbons (Fsp3) is 0.318. The number of sulfone groups is 1. The number of fused-ring (bicyclic) bond motifs is 1. The first-order chi connectivity index (χ1) is 13.2. The third-order valence-corrected chi connectivity index (χ3v) is 6.39. The first-order valence-electron chi connectivity index (χ1n) is 9.28. The Balaban J connectivity index is 1.93. The molecule has 0 amide bonds. The summed E-state index contributed by atoms with van der Waals surface area (Å²) in [6, 6.07) is 11.5. The zero-order valence-electron chi connectivity index (χ0n) is 16.3. The molecule has 0 saturated heterocycles. The van der Waals surface area contributed by atoms with Crippen molar-refractivity contribution < 1.29 is 12.8 Å². The smallest absolute Gasteiger partial charge is 0.251 e. The first-order valence-corrected chi connectivity index (χ1v) is 11.1. The van der Waals surface area contributed by atoms with Gasteiger partial charge in [0.25, 0.3) is 5.56 Å². The molecule has 4 nitrogen and oxygen atoms in total. The van der Waals surface area contributed by atoms with Gasteiger partial charge in [0.15, 0.2) is 9.84 Å². The summed E-state index contributed by atoms with van der Waals surface area (Å²) in [4.78, 5) is 12.2. The van der Waals surface area contributed by atoms with E-state index in [4.69, 9.17) is 0 Å². The van der Waals surface area contributed by atoms with Crippen LogP contribution in [-0.2, 0) is 27.9 Å². The van der Waals surface area contributed by atoms with E-state index in [0.29, 0.717) is 23.2 Å². The molecule has 0 aliphatic carbocycles. The number of halogens is 1. The van der Waals surface area contributed by atoms with Gasteiger partial charge in [0.1, 0.15) is 5.82 Å². The number of rotatable bonds is 6. The van der Waals surface area contributed by atoms with Crippen LogP contribution in [0.5, 0.6) is 0 Å². The lowest BCUT2D eigenvalue weighted by molar-refractivity contribution is 0.593. The molecule has 3 rings (SSSR count). The average Bonchev–Trinajstić information content (AvgIpc) is 2.61. The Kier molecular flexibility index (Phi) is 5.70. The topological polar surface area (TPSA) is 56.1 Å². The van der Waals surface area contributed by atoms with Crippen molar-refractivity contribution in [2.24, 2.45) is 0 Å². The maximum absolute atomic E-state index is 13.7. The van der Waals surface area contributed by atoms with E-state index in [0.717, 1.165) is 22.9 Å². The molecule has 2 aromatic carbocycles. The summed E-state index contributed by atoms with van der Waals surface area (Å²) >= 11 is 0. The van der Waals surface area contributed by atoms with Crippen molar-refractivity contribution in [3.63, 3.8) is 0 Å². The third-order valence-electron chi connectivity index (χ3n) is 4.84. The molecular formula is C22H24FNO3S. The van der Waals surface area contributed by atoms with E-state index in [-0.39, 0.29) is 17.1 Å². The predicted octanol–water partition coefficient (Wildman–Crippen LogP) is 4.28. The van der Waals surface area contributed by atoms with E-state index in [1.165, 1.54) is 6.07 Å². The van der Waals surface area contributed by atoms with Gasteiger partial charge in [0.2, 0.25) is 0 Å². The number of hydrogen-bond donors (Lipinski definition) is 0. The van der Waals surface area contributed by atoms with Crippen LogP contribution < -0.4 is 5.56 Å². The van der Waals surface area contributed by atoms with Crippen LogP contribution in [0.1, 0.15) is 35.6 Å². The zero-order chi connectivity index (χ0) is 20.5. The summed E-state index contributed by atoms with van der Waals surface area (Å²) in [7, 11) is -3.46. The minimum absolute atomic E-state index is 0.0476. The van der Waals surface area contributed by atoms with Gasteiger partial charge in [-0.1, -0.05) is 25.1 Å². The molecule has 1 aromatic heterocycles. The van der Waals surface area contributed by atoms with Crippen LogP contribution >= 0.6 is 0 Å². The Morgan fingerprint density at radius 1 is 0.929 bits per heavy atom. The number of benzene rings is 2. The van der Waals surface area contributed by atoms with Gasteiger partial charge < -0.3 is 4.57 Å². The highest BCUT2D eigenvalue weighted by Gasteiger charge is 2.16. The lowest BCUT2D eigenvalue weighted by atomic mass is 10.1. The molecule has 0 saturated carbocycles. The van der Waals surface area contributed by atoms with E-state index in [1.54, 1.807) is 35.8 Å². The summed E-state index contributed by atoms with van der Waals surface area (Å²) in [5.74, 6) is -0.746. The summed E-state index contributed by atoms with van der Waals surface area (Å²) in [5.41, 5.74) is 3.18. The lowest BCUT2D eigenvalue weighted by Gasteiger charge is -2.13. The van der Waals surface area contributed by atoms with Crippen LogP contribution in [-0.4, -0.2) is 13.0 Å². The second-order valence-electron chi connectivity index (χ2n) is 7.28. The SMILES string of the molecule is CCCn1c(=O)cc(C)c2cc(CS(=O)(=O)Cc3ccc(C)c(F)c3)ccc21. The summed E-state index contributed by atoms with van der Waals surface area (Å²) in [6.45, 7) is 6.12. The Labute approximate surface area is 164 Å². The molecule has 1 heterocycles. The molecule has 0 spiro atoms. The minimum atomic E-state index is -3.46. The molecule has 0 N–H and O–H groups in total. The fourth-order valence-electron chi connectivity index (χ4n) is 3.42. The van der Waals surface area contributed by atoms with Crippen molar-refractivity contribution in [1.29, 1.82) is 0 Å². The van der Waals surface area contributed by atoms with Crippen LogP contribution in [0.15, 0.2) is 47.3 Å². The average molecular weight is 402 g/mol. The largest absolute Gasteiger partial charge is 0.308 e. The molecule has 0 unspecified atom stereocenters. The Bertz CT molecular complexity index is 1200. The normalized spacial score (nSPS) is 11.9. The number of aromatic nitrogens is 1. The number of pyridine rings is 1. The van der Waals surface area contributed by atoms with Crippen LogP contribution in [0.4, 0.5) is 4.39 Å². The molecule has 0 atom stereocenters. The number of nitrogens with zero attached hydrogens (tertiary/aromatic N) is 1. The monoisotopic (exact) mass is 401 g/mol. The van der Waals surface area contributed by atoms with Crippen molar-refractivity contribution in [1.82, 2.24) is 4.57 Å². The standard InChI is InChI=1S/C22H24FNO3S/c1-4-9-24-21-8-7-17(11-19(21)16(3)10-22(24)25)13-28(26,27)14-18-6-5-15(2)20(23)12-18/h5-8,10-12H,4,9,13-14H2,1-3H3. The lowest BCUT2D eigenvalue weighted by Crippen LogP contribution is -2.20. The first kappa shape index (κ1) is 20.3. The number of hydrogen-bond acceptors (Lipinski definition) is 3. The molecule has 0 fully saturated rings. The van der Waals surface area contributed by atoms with Crippen LogP contribution in [0.3, 0.4) is 0 Å². The summed E-state index contributed by atoms with van der Waals surface area (Å²) in [6.07, 6.45) is 0.835. The Hall–Kier alpha value is -2.47. The second kappa shape index (κ2) is 7.87. The Morgan fingerprint density at radius 2 is 1.57 bits per heavy atom. The van der Waals surface area contributed by atoms with E-state index in [9.17, 15) is 17.6 Å². The van der Waals surface area contributed by atoms with Crippen LogP contribution in [0, 0.1) is 19.7 Å². The van der Waals surface area contributed by atoms with Crippen molar-refractivity contribution in [2.75, 3.05) is 0 Å². The molecule has 0 bridgehead atoms. The second-order valence-corrected chi connectivity index (χ2v) is 9.35. The van der Waals surface area contributed by atoms with Crippen molar-refractivity contribution in [3.8, 4) is 0 Å². The zero-order valence-corrected chi connectivity index (χ0v) is 17.1. The van der Waals surface area contributed by atoms with Gasteiger partial charge in [-0.25, -0.2) is 12.8 Å². The van der Waals surface area contributed by atoms with E-state index in [1.807, 2.05) is 26.0 Å². The maximum atomic E-state index is 13.7. The van der Waals surface area contributed by atoms with Gasteiger partial charge in [-0.05, 0) is 60.7 Å². The highest BCUT2D eigenvalue weighted by Crippen LogP contribution is 2.21. The highest BCUT2D eigenvalue weighted by molar-refractivity contribution is 7.89. The molecule has 3 aromatic rings. The predicted molar refractivity (Wildman–Crippen MR) is 111 cm³/mol. The van der Waals surface area contributed by atoms with Gasteiger partial charge in [-0.2, -0.15) is 0 Å². The van der Waals surface area contributed by atoms with Crippen LogP contribution in [0.25, 0.3) is 10.9 Å². The van der Waals surface area contributed by atoms with Crippen molar-refractivity contribution in [3.05, 3.63) is 80.9 Å². The van der Waals surface area contributed by atoms with Gasteiger partial charge >= 0.3 is 0 Å². The molecule has 0 aliphatic rings. The van der Waals surface area contributed by atoms with E-state index < -0.39 is 15.7 Å². The van der Waals surface area contributed by atoms with Gasteiger partial charge in [-0.3, -0.25) is 4.79 Å². The third kappa shape index (κ3) is 4.33. The van der Waals surface area contributed by atoms with Crippen molar-refractivity contribution in [2.45, 2.75) is 45.2 Å². The van der Waals surface area contributed by atoms with Crippen LogP contribution in [0.2, 0.25) is 0 Å². The fourth-order valence-corrected chi connectivity index (χ4v) is 4.90. The highest BCUT2D eigenvalue weighted by atomic mass is 32.2. The van der Waals surface area contributed by atoms with Gasteiger partial charge in [-0.15, -0.1) is 0 Å². The molecule has 148 valence electrons. The molecular weight excluding hydrogens is 377 g/mol. The van der Waals surface area contributed by atoms with E-state index >= 15 is 0 Å². The molecule has 0 aliphatic heterocycles. The van der Waals surface area contributed by atoms with E-state index in [2.05, 4.69) is 0 Å². The maximum Gasteiger partial charge on any atom is 0.251 e. The summed E-state index contributed by atoms with van der Waals surface area (Å²) in [5, 5.41) is 0.877. The van der Waals surface area contributed by atoms with Crippen molar-refractivity contribution >= 4 is 20.7 Å². The summed E-state index contributed by atoms with van der Waals surface area (Å²) < 4.78 is 40.7. The van der Waals surface area contributed by atoms with Gasteiger partial charge in [0.05, 0.1) is 17.0 Å². The molecule has 28 heavy (non-hydrogen) atoms. The van der Waals surface area contributed by atoms with Gasteiger partial charge in [0, 0.05) is 18.0 Å². The quantitative estimate of drug-likeness (QED) is 0.619.